The summed E-state index contributed by atoms with van der Waals surface area (Å²) < 4.78 is 34.6. The lowest BCUT2D eigenvalue weighted by Gasteiger charge is -2.55. The molecule has 4 saturated heterocycles. The summed E-state index contributed by atoms with van der Waals surface area (Å²) in [5.41, 5.74) is -1.28. The van der Waals surface area contributed by atoms with E-state index in [9.17, 15) is 29.7 Å². The molecule has 1 aromatic heterocycles. The van der Waals surface area contributed by atoms with Crippen molar-refractivity contribution in [2.24, 2.45) is 41.4 Å². The fourth-order valence-electron chi connectivity index (χ4n) is 11.4. The number of aliphatic carboxylic acids is 1. The summed E-state index contributed by atoms with van der Waals surface area (Å²) in [5, 5.41) is 36.1. The van der Waals surface area contributed by atoms with Gasteiger partial charge in [-0.15, -0.1) is 0 Å². The Hall–Kier alpha value is -2.78. The minimum atomic E-state index is -1.35. The second-order valence-corrected chi connectivity index (χ2v) is 19.7. The van der Waals surface area contributed by atoms with E-state index in [-0.39, 0.29) is 35.5 Å². The molecular formula is C48H74N2O11. The van der Waals surface area contributed by atoms with E-state index < -0.39 is 89.0 Å². The normalized spacial score (nSPS) is 41.5. The molecule has 4 fully saturated rings. The molecule has 6 rings (SSSR count). The number of aliphatic hydroxyl groups is 2. The number of aromatic nitrogens is 1. The Kier molecular flexibility index (Phi) is 14.7. The first-order valence-corrected chi connectivity index (χ1v) is 23.2. The Labute approximate surface area is 363 Å². The monoisotopic (exact) mass is 855 g/mol. The first-order chi connectivity index (χ1) is 28.8. The lowest BCUT2D eigenvalue weighted by atomic mass is 9.72. The Morgan fingerprint density at radius 3 is 2.21 bits per heavy atom. The summed E-state index contributed by atoms with van der Waals surface area (Å²) in [5.74, 6) is -6.37. The van der Waals surface area contributed by atoms with E-state index in [2.05, 4.69) is 31.1 Å². The number of nitrogens with zero attached hydrogens (tertiary/aromatic N) is 1. The molecule has 4 N–H and O–H groups in total. The first-order valence-electron chi connectivity index (χ1n) is 23.2. The summed E-state index contributed by atoms with van der Waals surface area (Å²) in [7, 11) is 0. The van der Waals surface area contributed by atoms with Crippen LogP contribution in [-0.4, -0.2) is 103 Å². The van der Waals surface area contributed by atoms with E-state index in [0.717, 1.165) is 6.42 Å². The van der Waals surface area contributed by atoms with Crippen LogP contribution >= 0.6 is 0 Å². The molecule has 5 aliphatic heterocycles. The summed E-state index contributed by atoms with van der Waals surface area (Å²) >= 11 is 0. The van der Waals surface area contributed by atoms with Crippen molar-refractivity contribution < 1.29 is 53.4 Å². The van der Waals surface area contributed by atoms with Crippen molar-refractivity contribution in [1.82, 2.24) is 10.3 Å². The molecule has 1 aromatic rings. The third-order valence-electron chi connectivity index (χ3n) is 15.7. The average Bonchev–Trinajstić information content (AvgIpc) is 3.58. The van der Waals surface area contributed by atoms with E-state index in [1.54, 1.807) is 31.5 Å². The number of aliphatic hydroxyl groups excluding tert-OH is 1. The number of hydrogen-bond acceptors (Lipinski definition) is 11. The highest BCUT2D eigenvalue weighted by Crippen LogP contribution is 2.54. The molecule has 0 saturated carbocycles. The molecule has 13 heteroatoms. The standard InChI is InChI=1S/C48H74N2O11/c1-11-34(44(54)55)36-15-14-27(4)41(58-36)31(8)39(51)30(7)40(52)35(12-2)42-28(5)26-29(6)47(59-42)21-16-37(50-43(53)33-18-24-49-25-19-33)48(61-47)23-22-45(10,60-48)38-17-20-46(56,13-3)32(9)57-38/h16,18-19,21,24-25,27-32,34-39,41-42,51,56H,11-15,17,20,22-23,26H2,1-10H3,(H,50,53)(H,54,55)/t27-,28-,29+,30-,31-,32-,34+,35?,36+,37+,38+,39+,41+,42-,45-,46+,47-,48-/m0/s1. The van der Waals surface area contributed by atoms with Gasteiger partial charge in [-0.1, -0.05) is 61.5 Å². The van der Waals surface area contributed by atoms with Crippen LogP contribution in [0.1, 0.15) is 144 Å². The van der Waals surface area contributed by atoms with Crippen molar-refractivity contribution in [2.75, 3.05) is 0 Å². The van der Waals surface area contributed by atoms with Gasteiger partial charge in [0, 0.05) is 48.0 Å². The van der Waals surface area contributed by atoms with E-state index in [1.165, 1.54) is 0 Å². The average molecular weight is 855 g/mol. The van der Waals surface area contributed by atoms with Crippen LogP contribution in [0.15, 0.2) is 36.7 Å². The van der Waals surface area contributed by atoms with Crippen LogP contribution in [0.25, 0.3) is 0 Å². The summed E-state index contributed by atoms with van der Waals surface area (Å²) in [4.78, 5) is 44.5. The molecule has 5 aliphatic rings. The minimum Gasteiger partial charge on any atom is -0.481 e. The van der Waals surface area contributed by atoms with Crippen molar-refractivity contribution in [2.45, 2.75) is 199 Å². The number of nitrogens with one attached hydrogen (secondary N) is 1. The molecule has 0 aliphatic carbocycles. The maximum Gasteiger partial charge on any atom is 0.309 e. The van der Waals surface area contributed by atoms with Crippen LogP contribution in [-0.2, 0) is 33.3 Å². The van der Waals surface area contributed by atoms with Crippen molar-refractivity contribution >= 4 is 17.7 Å². The molecule has 6 heterocycles. The lowest BCUT2D eigenvalue weighted by Crippen LogP contribution is -2.65. The molecular weight excluding hydrogens is 781 g/mol. The maximum atomic E-state index is 14.7. The highest BCUT2D eigenvalue weighted by atomic mass is 16.8. The second-order valence-electron chi connectivity index (χ2n) is 19.7. The van der Waals surface area contributed by atoms with Crippen LogP contribution in [0.4, 0.5) is 0 Å². The molecule has 18 atom stereocenters. The Morgan fingerprint density at radius 1 is 0.902 bits per heavy atom. The molecule has 1 amide bonds. The highest BCUT2D eigenvalue weighted by Gasteiger charge is 2.63. The SMILES string of the molecule is CCC(C(=O)[C@@H](C)[C@@H](O)[C@H](C)[C@@H]1O[C@@H]([C@@H](CC)C(=O)O)CC[C@@H]1C)[C@H]1O[C@]2(C=C[C@@H](NC(=O)c3ccncc3)[C@]3(CC[C@@](C)([C@H]4CC[C@](O)(CC)[C@H](C)O4)O3)O2)[C@H](C)C[C@@H]1C. The molecule has 342 valence electrons. The Morgan fingerprint density at radius 2 is 1.59 bits per heavy atom. The van der Waals surface area contributed by atoms with E-state index in [0.29, 0.717) is 63.4 Å². The Balaban J connectivity index is 1.25. The number of carboxylic acid groups (broad SMARTS) is 1. The van der Waals surface area contributed by atoms with Gasteiger partial charge in [0.05, 0.1) is 53.7 Å². The topological polar surface area (TPSA) is 183 Å². The molecule has 1 unspecified atom stereocenters. The first kappa shape index (κ1) is 47.7. The number of amides is 1. The fourth-order valence-corrected chi connectivity index (χ4v) is 11.4. The van der Waals surface area contributed by atoms with Gasteiger partial charge in [-0.3, -0.25) is 19.4 Å². The van der Waals surface area contributed by atoms with Gasteiger partial charge in [0.2, 0.25) is 0 Å². The zero-order valence-electron chi connectivity index (χ0n) is 38.2. The molecule has 0 bridgehead atoms. The van der Waals surface area contributed by atoms with Crippen molar-refractivity contribution in [3.8, 4) is 0 Å². The third kappa shape index (κ3) is 9.27. The fraction of sp³-hybridized carbons (Fsp3) is 0.792. The van der Waals surface area contributed by atoms with Gasteiger partial charge in [-0.2, -0.15) is 0 Å². The molecule has 0 aromatic carbocycles. The molecule has 2 spiro atoms. The Bertz CT molecular complexity index is 1730. The third-order valence-corrected chi connectivity index (χ3v) is 15.7. The van der Waals surface area contributed by atoms with Gasteiger partial charge < -0.3 is 44.3 Å². The summed E-state index contributed by atoms with van der Waals surface area (Å²) in [6.07, 6.45) is 9.59. The van der Waals surface area contributed by atoms with Crippen molar-refractivity contribution in [3.05, 3.63) is 42.2 Å². The number of ketones is 1. The van der Waals surface area contributed by atoms with Crippen LogP contribution in [0.5, 0.6) is 0 Å². The lowest BCUT2D eigenvalue weighted by molar-refractivity contribution is -0.397. The van der Waals surface area contributed by atoms with Crippen LogP contribution in [0.3, 0.4) is 0 Å². The molecule has 61 heavy (non-hydrogen) atoms. The van der Waals surface area contributed by atoms with Gasteiger partial charge >= 0.3 is 5.97 Å². The largest absolute Gasteiger partial charge is 0.481 e. The number of hydrogen-bond donors (Lipinski definition) is 4. The van der Waals surface area contributed by atoms with Gasteiger partial charge in [0.25, 0.3) is 5.91 Å². The van der Waals surface area contributed by atoms with Gasteiger partial charge in [-0.05, 0) is 102 Å². The summed E-state index contributed by atoms with van der Waals surface area (Å²) in [6, 6.07) is 2.61. The molecule has 13 nitrogen and oxygen atoms in total. The minimum absolute atomic E-state index is 0.0259. The highest BCUT2D eigenvalue weighted by molar-refractivity contribution is 5.94. The summed E-state index contributed by atoms with van der Waals surface area (Å²) in [6.45, 7) is 19.6. The van der Waals surface area contributed by atoms with E-state index >= 15 is 0 Å². The zero-order valence-corrected chi connectivity index (χ0v) is 38.2. The van der Waals surface area contributed by atoms with E-state index in [4.69, 9.17) is 23.7 Å². The predicted molar refractivity (Wildman–Crippen MR) is 228 cm³/mol. The van der Waals surface area contributed by atoms with Crippen LogP contribution < -0.4 is 5.32 Å². The smallest absolute Gasteiger partial charge is 0.309 e. The predicted octanol–water partition coefficient (Wildman–Crippen LogP) is 7.02. The number of pyridine rings is 1. The van der Waals surface area contributed by atoms with Crippen LogP contribution in [0.2, 0.25) is 0 Å². The number of Topliss-reactive ketones (excluding diaryl/α,β-unsaturated/α-hetero) is 1. The van der Waals surface area contributed by atoms with Gasteiger partial charge in [0.1, 0.15) is 11.8 Å². The maximum absolute atomic E-state index is 14.7. The van der Waals surface area contributed by atoms with Gasteiger partial charge in [-0.25, -0.2) is 0 Å². The number of carbonyl (C=O) groups is 3. The second kappa shape index (κ2) is 18.7. The molecule has 0 radical (unpaired) electrons. The number of carbonyl (C=O) groups excluding carboxylic acids is 2. The zero-order chi connectivity index (χ0) is 44.7. The van der Waals surface area contributed by atoms with Crippen molar-refractivity contribution in [1.29, 1.82) is 0 Å². The number of rotatable bonds is 14. The van der Waals surface area contributed by atoms with Gasteiger partial charge in [0.15, 0.2) is 11.6 Å². The van der Waals surface area contributed by atoms with Crippen LogP contribution in [0, 0.1) is 41.4 Å². The quantitative estimate of drug-likeness (QED) is 0.141. The van der Waals surface area contributed by atoms with E-state index in [1.807, 2.05) is 53.7 Å². The number of ether oxygens (including phenoxy) is 5. The van der Waals surface area contributed by atoms with Crippen molar-refractivity contribution in [3.63, 3.8) is 0 Å². The number of carboxylic acids is 1.